The van der Waals surface area contributed by atoms with E-state index in [1.807, 2.05) is 49.3 Å². The number of morpholine rings is 1. The molecule has 0 radical (unpaired) electrons. The molecule has 0 saturated carbocycles. The summed E-state index contributed by atoms with van der Waals surface area (Å²) in [6.45, 7) is 3.17. The van der Waals surface area contributed by atoms with Crippen molar-refractivity contribution in [2.45, 2.75) is 0 Å². The molecule has 3 aromatic rings. The number of rotatable bonds is 6. The summed E-state index contributed by atoms with van der Waals surface area (Å²) in [4.78, 5) is 36.8. The van der Waals surface area contributed by atoms with E-state index in [1.165, 1.54) is 16.2 Å². The zero-order valence-corrected chi connectivity index (χ0v) is 19.4. The Kier molecular flexibility index (Phi) is 6.40. The fraction of sp³-hybridized carbons (Fsp3) is 0.381. The molecule has 3 heterocycles. The molecule has 31 heavy (non-hydrogen) atoms. The Morgan fingerprint density at radius 2 is 1.84 bits per heavy atom. The molecule has 10 heteroatoms. The number of hydrogen-bond acceptors (Lipinski definition) is 8. The molecule has 164 valence electrons. The van der Waals surface area contributed by atoms with Gasteiger partial charge in [0.05, 0.1) is 29.3 Å². The van der Waals surface area contributed by atoms with Crippen LogP contribution >= 0.6 is 22.7 Å². The zero-order valence-electron chi connectivity index (χ0n) is 17.8. The second kappa shape index (κ2) is 9.21. The maximum absolute atomic E-state index is 12.7. The number of thiazole rings is 1. The standard InChI is InChI=1S/C21H25N5O3S2/c1-24(2)21-23-19-16(31-21)12-17(30-19)20(28)25(3)13-18(27)22-14-4-6-15(7-5-14)26-8-10-29-11-9-26/h4-7,12H,8-11,13H2,1-3H3,(H,22,27). The number of amides is 2. The molecule has 2 amide bonds. The van der Waals surface area contributed by atoms with E-state index in [2.05, 4.69) is 15.2 Å². The summed E-state index contributed by atoms with van der Waals surface area (Å²) in [5.74, 6) is -0.416. The molecule has 0 atom stereocenters. The molecule has 1 N–H and O–H groups in total. The second-order valence-electron chi connectivity index (χ2n) is 7.53. The van der Waals surface area contributed by atoms with Crippen LogP contribution in [0.15, 0.2) is 30.3 Å². The lowest BCUT2D eigenvalue weighted by molar-refractivity contribution is -0.116. The van der Waals surface area contributed by atoms with E-state index in [0.717, 1.165) is 46.7 Å². The number of aromatic nitrogens is 1. The summed E-state index contributed by atoms with van der Waals surface area (Å²) in [5, 5.41) is 3.77. The Labute approximate surface area is 189 Å². The fourth-order valence-electron chi connectivity index (χ4n) is 3.27. The Morgan fingerprint density at radius 1 is 1.13 bits per heavy atom. The maximum Gasteiger partial charge on any atom is 0.264 e. The van der Waals surface area contributed by atoms with Crippen LogP contribution in [-0.4, -0.2) is 75.7 Å². The van der Waals surface area contributed by atoms with Crippen LogP contribution in [0, 0.1) is 0 Å². The van der Waals surface area contributed by atoms with E-state index in [0.29, 0.717) is 10.6 Å². The van der Waals surface area contributed by atoms with Crippen molar-refractivity contribution < 1.29 is 14.3 Å². The van der Waals surface area contributed by atoms with Gasteiger partial charge in [-0.25, -0.2) is 4.98 Å². The summed E-state index contributed by atoms with van der Waals surface area (Å²) in [6, 6.07) is 9.59. The van der Waals surface area contributed by atoms with Gasteiger partial charge in [-0.15, -0.1) is 11.3 Å². The average molecular weight is 460 g/mol. The van der Waals surface area contributed by atoms with Gasteiger partial charge in [-0.05, 0) is 30.3 Å². The summed E-state index contributed by atoms with van der Waals surface area (Å²) in [6.07, 6.45) is 0. The Morgan fingerprint density at radius 3 is 2.48 bits per heavy atom. The molecule has 1 aliphatic heterocycles. The number of nitrogens with one attached hydrogen (secondary N) is 1. The van der Waals surface area contributed by atoms with Crippen molar-refractivity contribution in [1.82, 2.24) is 9.88 Å². The van der Waals surface area contributed by atoms with E-state index in [-0.39, 0.29) is 18.4 Å². The number of likely N-dealkylation sites (N-methyl/N-ethyl adjacent to an activating group) is 1. The van der Waals surface area contributed by atoms with Gasteiger partial charge in [-0.2, -0.15) is 0 Å². The molecule has 2 aromatic heterocycles. The molecule has 1 saturated heterocycles. The molecule has 0 aliphatic carbocycles. The third kappa shape index (κ3) is 4.97. The average Bonchev–Trinajstić information content (AvgIpc) is 3.34. The molecular weight excluding hydrogens is 434 g/mol. The first kappa shape index (κ1) is 21.5. The lowest BCUT2D eigenvalue weighted by Gasteiger charge is -2.28. The Bertz CT molecular complexity index is 1040. The van der Waals surface area contributed by atoms with Crippen LogP contribution in [0.25, 0.3) is 9.53 Å². The van der Waals surface area contributed by atoms with Crippen molar-refractivity contribution in [3.8, 4) is 0 Å². The number of carbonyl (C=O) groups excluding carboxylic acids is 2. The highest BCUT2D eigenvalue weighted by Crippen LogP contribution is 2.34. The highest BCUT2D eigenvalue weighted by molar-refractivity contribution is 7.29. The first-order valence-corrected chi connectivity index (χ1v) is 11.6. The van der Waals surface area contributed by atoms with Crippen LogP contribution in [0.1, 0.15) is 9.67 Å². The fourth-order valence-corrected chi connectivity index (χ4v) is 5.40. The van der Waals surface area contributed by atoms with Crippen molar-refractivity contribution in [1.29, 1.82) is 0 Å². The van der Waals surface area contributed by atoms with Crippen LogP contribution in [0.2, 0.25) is 0 Å². The number of thiophene rings is 1. The van der Waals surface area contributed by atoms with Gasteiger partial charge in [0.2, 0.25) is 5.91 Å². The number of benzene rings is 1. The number of nitrogens with zero attached hydrogens (tertiary/aromatic N) is 4. The van der Waals surface area contributed by atoms with Gasteiger partial charge < -0.3 is 24.8 Å². The van der Waals surface area contributed by atoms with Crippen LogP contribution in [0.3, 0.4) is 0 Å². The minimum absolute atomic E-state index is 0.0219. The Balaban J connectivity index is 1.33. The number of ether oxygens (including phenoxy) is 1. The summed E-state index contributed by atoms with van der Waals surface area (Å²) < 4.78 is 6.36. The minimum Gasteiger partial charge on any atom is -0.378 e. The molecule has 0 spiro atoms. The molecule has 1 fully saturated rings. The topological polar surface area (TPSA) is 78.0 Å². The highest BCUT2D eigenvalue weighted by Gasteiger charge is 2.20. The van der Waals surface area contributed by atoms with Crippen LogP contribution < -0.4 is 15.1 Å². The summed E-state index contributed by atoms with van der Waals surface area (Å²) >= 11 is 2.90. The number of fused-ring (bicyclic) bond motifs is 1. The zero-order chi connectivity index (χ0) is 22.0. The largest absolute Gasteiger partial charge is 0.378 e. The number of hydrogen-bond donors (Lipinski definition) is 1. The number of carbonyl (C=O) groups is 2. The monoisotopic (exact) mass is 459 g/mol. The van der Waals surface area contributed by atoms with Gasteiger partial charge in [-0.1, -0.05) is 11.3 Å². The van der Waals surface area contributed by atoms with Gasteiger partial charge in [0.1, 0.15) is 4.83 Å². The third-order valence-corrected chi connectivity index (χ3v) is 7.24. The quantitative estimate of drug-likeness (QED) is 0.611. The van der Waals surface area contributed by atoms with Gasteiger partial charge in [0, 0.05) is 45.6 Å². The van der Waals surface area contributed by atoms with Gasteiger partial charge in [0.15, 0.2) is 5.13 Å². The molecule has 0 unspecified atom stereocenters. The molecular formula is C21H25N5O3S2. The predicted molar refractivity (Wildman–Crippen MR) is 127 cm³/mol. The highest BCUT2D eigenvalue weighted by atomic mass is 32.1. The van der Waals surface area contributed by atoms with Crippen molar-refractivity contribution in [3.05, 3.63) is 35.2 Å². The molecule has 1 aromatic carbocycles. The normalized spacial score (nSPS) is 14.0. The van der Waals surface area contributed by atoms with Crippen molar-refractivity contribution >= 4 is 60.5 Å². The Hall–Kier alpha value is -2.69. The first-order valence-electron chi connectivity index (χ1n) is 9.96. The van der Waals surface area contributed by atoms with E-state index >= 15 is 0 Å². The van der Waals surface area contributed by atoms with E-state index in [4.69, 9.17) is 4.74 Å². The first-order chi connectivity index (χ1) is 14.9. The lowest BCUT2D eigenvalue weighted by atomic mass is 10.2. The lowest BCUT2D eigenvalue weighted by Crippen LogP contribution is -2.36. The second-order valence-corrected chi connectivity index (χ2v) is 9.57. The van der Waals surface area contributed by atoms with Gasteiger partial charge >= 0.3 is 0 Å². The van der Waals surface area contributed by atoms with Crippen molar-refractivity contribution in [2.75, 3.05) is 69.1 Å². The number of anilines is 3. The summed E-state index contributed by atoms with van der Waals surface area (Å²) in [7, 11) is 5.52. The van der Waals surface area contributed by atoms with Gasteiger partial charge in [0.25, 0.3) is 5.91 Å². The van der Waals surface area contributed by atoms with Crippen LogP contribution in [0.4, 0.5) is 16.5 Å². The smallest absolute Gasteiger partial charge is 0.264 e. The minimum atomic E-state index is -0.235. The van der Waals surface area contributed by atoms with E-state index < -0.39 is 0 Å². The molecule has 8 nitrogen and oxygen atoms in total. The molecule has 1 aliphatic rings. The van der Waals surface area contributed by atoms with Crippen molar-refractivity contribution in [3.63, 3.8) is 0 Å². The predicted octanol–water partition coefficient (Wildman–Crippen LogP) is 2.97. The molecule has 4 rings (SSSR count). The van der Waals surface area contributed by atoms with Crippen molar-refractivity contribution in [2.24, 2.45) is 0 Å². The summed E-state index contributed by atoms with van der Waals surface area (Å²) in [5.41, 5.74) is 1.82. The maximum atomic E-state index is 12.7. The SMILES string of the molecule is CN(CC(=O)Nc1ccc(N2CCOCC2)cc1)C(=O)c1cc2sc(N(C)C)nc2s1. The van der Waals surface area contributed by atoms with Gasteiger partial charge in [-0.3, -0.25) is 9.59 Å². The van der Waals surface area contributed by atoms with E-state index in [1.54, 1.807) is 18.4 Å². The third-order valence-electron chi connectivity index (χ3n) is 4.93. The molecule has 0 bridgehead atoms. The van der Waals surface area contributed by atoms with Crippen LogP contribution in [-0.2, 0) is 9.53 Å². The van der Waals surface area contributed by atoms with E-state index in [9.17, 15) is 9.59 Å². The van der Waals surface area contributed by atoms with Crippen LogP contribution in [0.5, 0.6) is 0 Å².